The highest BCUT2D eigenvalue weighted by Crippen LogP contribution is 2.32. The zero-order chi connectivity index (χ0) is 19.8. The van der Waals surface area contributed by atoms with Gasteiger partial charge in [0.1, 0.15) is 6.04 Å². The molecule has 7 nitrogen and oxygen atoms in total. The lowest BCUT2D eigenvalue weighted by molar-refractivity contribution is -0.136. The first-order chi connectivity index (χ1) is 14.2. The number of carbonyl (C=O) groups is 2. The van der Waals surface area contributed by atoms with Crippen LogP contribution in [-0.4, -0.2) is 44.4 Å². The lowest BCUT2D eigenvalue weighted by Crippen LogP contribution is -2.43. The lowest BCUT2D eigenvalue weighted by Gasteiger charge is -2.35. The first-order valence-electron chi connectivity index (χ1n) is 10.1. The van der Waals surface area contributed by atoms with Crippen molar-refractivity contribution in [3.8, 4) is 11.4 Å². The molecule has 29 heavy (non-hydrogen) atoms. The second-order valence-electron chi connectivity index (χ2n) is 7.70. The third kappa shape index (κ3) is 3.26. The number of benzene rings is 1. The highest BCUT2D eigenvalue weighted by Gasteiger charge is 2.35. The van der Waals surface area contributed by atoms with Gasteiger partial charge in [-0.3, -0.25) is 9.59 Å². The molecule has 0 bridgehead atoms. The van der Waals surface area contributed by atoms with Crippen LogP contribution in [0.25, 0.3) is 11.4 Å². The molecule has 2 aliphatic rings. The fraction of sp³-hybridized carbons (Fsp3) is 0.364. The number of nitrogens with zero attached hydrogens (tertiary/aromatic N) is 4. The van der Waals surface area contributed by atoms with Crippen LogP contribution in [0.4, 0.5) is 0 Å². The maximum Gasteiger partial charge on any atom is 0.245 e. The van der Waals surface area contributed by atoms with Crippen LogP contribution in [0.15, 0.2) is 53.2 Å². The summed E-state index contributed by atoms with van der Waals surface area (Å²) < 4.78 is 7.35. The number of fused-ring (bicyclic) bond motifs is 1. The monoisotopic (exact) mass is 390 g/mol. The predicted octanol–water partition coefficient (Wildman–Crippen LogP) is 3.46. The number of hydrogen-bond donors (Lipinski definition) is 0. The van der Waals surface area contributed by atoms with Crippen LogP contribution in [0.1, 0.15) is 54.0 Å². The second-order valence-corrected chi connectivity index (χ2v) is 7.70. The van der Waals surface area contributed by atoms with E-state index in [0.29, 0.717) is 43.3 Å². The Morgan fingerprint density at radius 2 is 1.83 bits per heavy atom. The Kier molecular flexibility index (Phi) is 4.50. The fourth-order valence-corrected chi connectivity index (χ4v) is 4.34. The summed E-state index contributed by atoms with van der Waals surface area (Å²) >= 11 is 0. The minimum atomic E-state index is -0.276. The van der Waals surface area contributed by atoms with Crippen molar-refractivity contribution in [3.05, 3.63) is 60.2 Å². The molecule has 2 aromatic heterocycles. The van der Waals surface area contributed by atoms with Gasteiger partial charge >= 0.3 is 0 Å². The molecule has 0 N–H and O–H groups in total. The summed E-state index contributed by atoms with van der Waals surface area (Å²) in [6, 6.07) is 13.1. The number of carbonyl (C=O) groups excluding carboxylic acids is 2. The molecule has 5 rings (SSSR count). The minimum absolute atomic E-state index is 0.101. The van der Waals surface area contributed by atoms with Crippen molar-refractivity contribution in [3.63, 3.8) is 0 Å². The summed E-state index contributed by atoms with van der Waals surface area (Å²) in [7, 11) is 0. The molecule has 1 saturated heterocycles. The van der Waals surface area contributed by atoms with E-state index in [0.717, 1.165) is 18.4 Å². The van der Waals surface area contributed by atoms with Crippen molar-refractivity contribution in [2.45, 2.75) is 37.6 Å². The van der Waals surface area contributed by atoms with E-state index in [-0.39, 0.29) is 23.7 Å². The molecule has 1 atom stereocenters. The van der Waals surface area contributed by atoms with Gasteiger partial charge < -0.3 is 14.0 Å². The second kappa shape index (κ2) is 7.31. The number of hydrogen-bond acceptors (Lipinski definition) is 5. The van der Waals surface area contributed by atoms with E-state index in [1.54, 1.807) is 6.07 Å². The quantitative estimate of drug-likeness (QED) is 0.684. The smallest absolute Gasteiger partial charge is 0.245 e. The molecular weight excluding hydrogens is 368 g/mol. The average molecular weight is 390 g/mol. The Morgan fingerprint density at radius 3 is 2.62 bits per heavy atom. The van der Waals surface area contributed by atoms with Crippen LogP contribution in [0, 0.1) is 0 Å². The normalized spacial score (nSPS) is 19.9. The van der Waals surface area contributed by atoms with Crippen LogP contribution in [-0.2, 0) is 4.79 Å². The first kappa shape index (κ1) is 17.8. The standard InChI is InChI=1S/C22H22N4O3/c27-19-9-8-18(26-12-4-7-17(19)26)22(28)25-13-10-16(11-14-25)21-23-20(24-29-21)15-5-2-1-3-6-15/h1-7,12,16,18H,8-11,13-14H2. The van der Waals surface area contributed by atoms with E-state index >= 15 is 0 Å². The molecule has 0 aliphatic carbocycles. The van der Waals surface area contributed by atoms with Crippen molar-refractivity contribution in [1.82, 2.24) is 19.6 Å². The van der Waals surface area contributed by atoms with E-state index in [2.05, 4.69) is 10.1 Å². The molecule has 0 radical (unpaired) electrons. The van der Waals surface area contributed by atoms with Crippen LogP contribution >= 0.6 is 0 Å². The largest absolute Gasteiger partial charge is 0.341 e. The van der Waals surface area contributed by atoms with Crippen molar-refractivity contribution in [2.24, 2.45) is 0 Å². The van der Waals surface area contributed by atoms with Gasteiger partial charge in [0.25, 0.3) is 0 Å². The van der Waals surface area contributed by atoms with Crippen LogP contribution in [0.2, 0.25) is 0 Å². The Labute approximate surface area is 168 Å². The van der Waals surface area contributed by atoms with Gasteiger partial charge in [0.2, 0.25) is 17.6 Å². The molecule has 1 unspecified atom stereocenters. The van der Waals surface area contributed by atoms with E-state index in [9.17, 15) is 9.59 Å². The molecule has 4 heterocycles. The van der Waals surface area contributed by atoms with E-state index in [1.807, 2.05) is 52.1 Å². The van der Waals surface area contributed by atoms with Crippen LogP contribution in [0.3, 0.4) is 0 Å². The van der Waals surface area contributed by atoms with Gasteiger partial charge in [-0.05, 0) is 31.4 Å². The zero-order valence-corrected chi connectivity index (χ0v) is 16.0. The Bertz CT molecular complexity index is 1030. The number of ketones is 1. The van der Waals surface area contributed by atoms with Gasteiger partial charge in [-0.15, -0.1) is 0 Å². The third-order valence-corrected chi connectivity index (χ3v) is 5.96. The van der Waals surface area contributed by atoms with Gasteiger partial charge in [0.15, 0.2) is 5.78 Å². The van der Waals surface area contributed by atoms with Crippen molar-refractivity contribution in [1.29, 1.82) is 0 Å². The Hall–Kier alpha value is -3.22. The van der Waals surface area contributed by atoms with Gasteiger partial charge in [0.05, 0.1) is 5.69 Å². The molecule has 0 spiro atoms. The van der Waals surface area contributed by atoms with E-state index < -0.39 is 0 Å². The Morgan fingerprint density at radius 1 is 1.03 bits per heavy atom. The first-order valence-corrected chi connectivity index (χ1v) is 10.1. The minimum Gasteiger partial charge on any atom is -0.341 e. The van der Waals surface area contributed by atoms with Crippen molar-refractivity contribution in [2.75, 3.05) is 13.1 Å². The number of rotatable bonds is 3. The zero-order valence-electron chi connectivity index (χ0n) is 16.0. The summed E-state index contributed by atoms with van der Waals surface area (Å²) in [5.41, 5.74) is 1.58. The highest BCUT2D eigenvalue weighted by molar-refractivity contribution is 5.97. The molecule has 3 aromatic rings. The van der Waals surface area contributed by atoms with Crippen molar-refractivity contribution < 1.29 is 14.1 Å². The number of piperidine rings is 1. The number of aromatic nitrogens is 3. The SMILES string of the molecule is O=C1CCC(C(=O)N2CCC(c3nc(-c4ccccc4)no3)CC2)n2cccc21. The van der Waals surface area contributed by atoms with E-state index in [1.165, 1.54) is 0 Å². The number of amides is 1. The maximum absolute atomic E-state index is 13.1. The lowest BCUT2D eigenvalue weighted by atomic mass is 9.95. The Balaban J connectivity index is 1.25. The fourth-order valence-electron chi connectivity index (χ4n) is 4.34. The molecule has 148 valence electrons. The summed E-state index contributed by atoms with van der Waals surface area (Å²) in [5, 5.41) is 4.11. The number of likely N-dealkylation sites (tertiary alicyclic amines) is 1. The third-order valence-electron chi connectivity index (χ3n) is 5.96. The summed E-state index contributed by atoms with van der Waals surface area (Å²) in [6.45, 7) is 1.32. The molecule has 1 amide bonds. The summed E-state index contributed by atoms with van der Waals surface area (Å²) in [5.74, 6) is 1.63. The maximum atomic E-state index is 13.1. The topological polar surface area (TPSA) is 81.2 Å². The highest BCUT2D eigenvalue weighted by atomic mass is 16.5. The summed E-state index contributed by atoms with van der Waals surface area (Å²) in [6.07, 6.45) is 4.44. The number of Topliss-reactive ketones (excluding diaryl/α,β-unsaturated/α-hetero) is 1. The van der Waals surface area contributed by atoms with Gasteiger partial charge in [-0.25, -0.2) is 0 Å². The molecule has 0 saturated carbocycles. The van der Waals surface area contributed by atoms with Crippen molar-refractivity contribution >= 4 is 11.7 Å². The molecule has 2 aliphatic heterocycles. The van der Waals surface area contributed by atoms with Crippen LogP contribution < -0.4 is 0 Å². The molecule has 7 heteroatoms. The van der Waals surface area contributed by atoms with Gasteiger partial charge in [-0.1, -0.05) is 35.5 Å². The van der Waals surface area contributed by atoms with Gasteiger partial charge in [0, 0.05) is 37.2 Å². The molecule has 1 fully saturated rings. The molecular formula is C22H22N4O3. The van der Waals surface area contributed by atoms with Crippen LogP contribution in [0.5, 0.6) is 0 Å². The average Bonchev–Trinajstić information content (AvgIpc) is 3.45. The van der Waals surface area contributed by atoms with Gasteiger partial charge in [-0.2, -0.15) is 4.98 Å². The summed E-state index contributed by atoms with van der Waals surface area (Å²) in [4.78, 5) is 31.6. The predicted molar refractivity (Wildman–Crippen MR) is 105 cm³/mol. The molecule has 1 aromatic carbocycles. The van der Waals surface area contributed by atoms with E-state index in [4.69, 9.17) is 4.52 Å².